The van der Waals surface area contributed by atoms with Crippen molar-refractivity contribution >= 4 is 17.2 Å². The van der Waals surface area contributed by atoms with E-state index < -0.39 is 0 Å². The Hall–Kier alpha value is -3.52. The minimum absolute atomic E-state index is 0.168. The number of rotatable bonds is 8. The number of carbonyl (C=O) groups is 1. The van der Waals surface area contributed by atoms with Gasteiger partial charge in [0.25, 0.3) is 5.91 Å². The Morgan fingerprint density at radius 1 is 1.26 bits per heavy atom. The maximum atomic E-state index is 13.4. The van der Waals surface area contributed by atoms with Crippen LogP contribution in [0.1, 0.15) is 60.9 Å². The second kappa shape index (κ2) is 9.26. The van der Waals surface area contributed by atoms with Crippen LogP contribution in [0.2, 0.25) is 0 Å². The van der Waals surface area contributed by atoms with Gasteiger partial charge in [-0.05, 0) is 60.5 Å². The lowest BCUT2D eigenvalue weighted by Crippen LogP contribution is -2.43. The molecule has 1 aliphatic rings. The highest BCUT2D eigenvalue weighted by Gasteiger charge is 2.48. The van der Waals surface area contributed by atoms with Crippen molar-refractivity contribution in [3.63, 3.8) is 0 Å². The average Bonchev–Trinajstić information content (AvgIpc) is 3.45. The summed E-state index contributed by atoms with van der Waals surface area (Å²) in [5.74, 6) is 1.98. The van der Waals surface area contributed by atoms with Crippen LogP contribution in [0.4, 0.5) is 5.69 Å². The lowest BCUT2D eigenvalue weighted by Gasteiger charge is -2.46. The topological polar surface area (TPSA) is 89.1 Å². The zero-order chi connectivity index (χ0) is 24.6. The van der Waals surface area contributed by atoms with E-state index in [9.17, 15) is 4.79 Å². The Balaban J connectivity index is 1.42. The first-order valence-electron chi connectivity index (χ1n) is 12.3. The van der Waals surface area contributed by atoms with Gasteiger partial charge in [0.2, 0.25) is 0 Å². The van der Waals surface area contributed by atoms with Crippen LogP contribution in [-0.4, -0.2) is 36.6 Å². The largest absolute Gasteiger partial charge is 0.322 e. The van der Waals surface area contributed by atoms with Crippen molar-refractivity contribution < 1.29 is 4.79 Å². The van der Waals surface area contributed by atoms with Gasteiger partial charge in [-0.15, -0.1) is 10.2 Å². The quantitative estimate of drug-likeness (QED) is 0.403. The molecule has 1 aromatic carbocycles. The molecule has 35 heavy (non-hydrogen) atoms. The zero-order valence-electron chi connectivity index (χ0n) is 20.8. The molecule has 1 fully saturated rings. The summed E-state index contributed by atoms with van der Waals surface area (Å²) >= 11 is 0. The summed E-state index contributed by atoms with van der Waals surface area (Å²) in [6, 6.07) is 10.1. The van der Waals surface area contributed by atoms with Gasteiger partial charge in [0.15, 0.2) is 0 Å². The molecule has 0 bridgehead atoms. The van der Waals surface area contributed by atoms with E-state index >= 15 is 0 Å². The van der Waals surface area contributed by atoms with E-state index in [2.05, 4.69) is 58.7 Å². The molecular weight excluding hydrogens is 438 g/mol. The zero-order valence-corrected chi connectivity index (χ0v) is 20.8. The highest BCUT2D eigenvalue weighted by Crippen LogP contribution is 2.51. The van der Waals surface area contributed by atoms with Gasteiger partial charge in [0.05, 0.1) is 11.0 Å². The van der Waals surface area contributed by atoms with Gasteiger partial charge in [-0.25, -0.2) is 4.98 Å². The summed E-state index contributed by atoms with van der Waals surface area (Å²) in [7, 11) is 1.99. The highest BCUT2D eigenvalue weighted by atomic mass is 16.1. The molecule has 8 nitrogen and oxygen atoms in total. The molecule has 0 saturated heterocycles. The van der Waals surface area contributed by atoms with E-state index in [0.717, 1.165) is 42.0 Å². The molecule has 0 radical (unpaired) electrons. The van der Waals surface area contributed by atoms with Crippen molar-refractivity contribution in [2.75, 3.05) is 11.9 Å². The van der Waals surface area contributed by atoms with E-state index in [1.807, 2.05) is 46.6 Å². The number of benzene rings is 1. The van der Waals surface area contributed by atoms with Crippen LogP contribution >= 0.6 is 0 Å². The fourth-order valence-electron chi connectivity index (χ4n) is 5.35. The second-order valence-electron chi connectivity index (χ2n) is 10.3. The van der Waals surface area contributed by atoms with Crippen molar-refractivity contribution in [3.05, 3.63) is 77.8 Å². The summed E-state index contributed by atoms with van der Waals surface area (Å²) in [4.78, 5) is 17.9. The number of anilines is 1. The molecule has 0 aliphatic heterocycles. The third kappa shape index (κ3) is 4.46. The number of fused-ring (bicyclic) bond motifs is 1. The minimum atomic E-state index is -0.177. The number of nitrogens with zero attached hydrogens (tertiary/aromatic N) is 5. The maximum Gasteiger partial charge on any atom is 0.259 e. The van der Waals surface area contributed by atoms with E-state index in [1.54, 1.807) is 12.5 Å². The fraction of sp³-hybridized carbons (Fsp3) is 0.407. The van der Waals surface area contributed by atoms with Crippen LogP contribution in [0.5, 0.6) is 0 Å². The molecule has 3 aromatic heterocycles. The van der Waals surface area contributed by atoms with Crippen LogP contribution in [0.25, 0.3) is 5.65 Å². The van der Waals surface area contributed by atoms with Gasteiger partial charge < -0.3 is 19.6 Å². The maximum absolute atomic E-state index is 13.4. The Morgan fingerprint density at radius 2 is 2.09 bits per heavy atom. The predicted molar refractivity (Wildman–Crippen MR) is 136 cm³/mol. The molecule has 3 heterocycles. The third-order valence-corrected chi connectivity index (χ3v) is 6.88. The molecule has 1 aliphatic carbocycles. The number of imidazole rings is 1. The van der Waals surface area contributed by atoms with Crippen molar-refractivity contribution in [2.24, 2.45) is 18.9 Å². The van der Waals surface area contributed by atoms with Gasteiger partial charge in [-0.1, -0.05) is 32.9 Å². The molecule has 5 rings (SSSR count). The van der Waals surface area contributed by atoms with Crippen molar-refractivity contribution in [2.45, 2.75) is 45.6 Å². The number of hydrogen-bond acceptors (Lipinski definition) is 5. The monoisotopic (exact) mass is 471 g/mol. The van der Waals surface area contributed by atoms with Gasteiger partial charge in [-0.2, -0.15) is 0 Å². The summed E-state index contributed by atoms with van der Waals surface area (Å²) in [5.41, 5.74) is 3.99. The van der Waals surface area contributed by atoms with Crippen LogP contribution in [0.15, 0.2) is 55.2 Å². The Bertz CT molecular complexity index is 1350. The molecular formula is C27H33N7O. The van der Waals surface area contributed by atoms with E-state index in [-0.39, 0.29) is 11.3 Å². The number of nitrogens with one attached hydrogen (secondary N) is 2. The Kier molecular flexibility index (Phi) is 6.15. The minimum Gasteiger partial charge on any atom is -0.322 e. The van der Waals surface area contributed by atoms with Crippen LogP contribution < -0.4 is 10.6 Å². The SMILES string of the molecule is CC(C)CNCc1cc(C(=O)Nc2cccc(C3(c4nncn4C)CC(C)C3)c2)c2nccn2c1. The first kappa shape index (κ1) is 23.2. The van der Waals surface area contributed by atoms with Crippen molar-refractivity contribution in [1.82, 2.24) is 29.5 Å². The lowest BCUT2D eigenvalue weighted by atomic mass is 9.58. The number of hydrogen-bond donors (Lipinski definition) is 2. The Morgan fingerprint density at radius 3 is 2.80 bits per heavy atom. The van der Waals surface area contributed by atoms with E-state index in [0.29, 0.717) is 29.6 Å². The first-order chi connectivity index (χ1) is 16.9. The predicted octanol–water partition coefficient (Wildman–Crippen LogP) is 4.18. The van der Waals surface area contributed by atoms with Crippen LogP contribution in [-0.2, 0) is 19.0 Å². The molecule has 0 atom stereocenters. The average molecular weight is 472 g/mol. The molecule has 4 aromatic rings. The first-order valence-corrected chi connectivity index (χ1v) is 12.3. The highest BCUT2D eigenvalue weighted by molar-refractivity contribution is 6.08. The Labute approximate surface area is 205 Å². The van der Waals surface area contributed by atoms with Crippen molar-refractivity contribution in [1.29, 1.82) is 0 Å². The molecule has 2 N–H and O–H groups in total. The molecule has 8 heteroatoms. The standard InChI is InChI=1S/C27H33N7O/c1-18(2)14-28-15-20-10-23(24-29-8-9-34(24)16-20)25(35)31-22-7-5-6-21(11-22)27(12-19(3)13-27)26-32-30-17-33(26)4/h5-11,16-19,28H,12-15H2,1-4H3,(H,31,35). The van der Waals surface area contributed by atoms with E-state index in [4.69, 9.17) is 0 Å². The molecule has 1 amide bonds. The smallest absolute Gasteiger partial charge is 0.259 e. The third-order valence-electron chi connectivity index (χ3n) is 6.88. The summed E-state index contributed by atoms with van der Waals surface area (Å²) in [6.07, 6.45) is 9.40. The summed E-state index contributed by atoms with van der Waals surface area (Å²) in [5, 5.41) is 15.1. The van der Waals surface area contributed by atoms with E-state index in [1.165, 1.54) is 0 Å². The van der Waals surface area contributed by atoms with Gasteiger partial charge in [-0.3, -0.25) is 4.79 Å². The summed E-state index contributed by atoms with van der Waals surface area (Å²) < 4.78 is 3.92. The number of amides is 1. The number of aryl methyl sites for hydroxylation is 1. The molecule has 0 unspecified atom stereocenters. The molecule has 182 valence electrons. The number of carbonyl (C=O) groups excluding carboxylic acids is 1. The van der Waals surface area contributed by atoms with Crippen LogP contribution in [0.3, 0.4) is 0 Å². The lowest BCUT2D eigenvalue weighted by molar-refractivity contribution is 0.102. The van der Waals surface area contributed by atoms with Gasteiger partial charge in [0.1, 0.15) is 17.8 Å². The van der Waals surface area contributed by atoms with Crippen LogP contribution in [0, 0.1) is 11.8 Å². The summed E-state index contributed by atoms with van der Waals surface area (Å²) in [6.45, 7) is 8.23. The van der Waals surface area contributed by atoms with Gasteiger partial charge in [0, 0.05) is 37.9 Å². The van der Waals surface area contributed by atoms with Crippen molar-refractivity contribution in [3.8, 4) is 0 Å². The molecule has 1 saturated carbocycles. The molecule has 0 spiro atoms. The second-order valence-corrected chi connectivity index (χ2v) is 10.3. The number of aromatic nitrogens is 5. The van der Waals surface area contributed by atoms with Gasteiger partial charge >= 0.3 is 0 Å². The number of pyridine rings is 1. The normalized spacial score (nSPS) is 19.7. The fourth-order valence-corrected chi connectivity index (χ4v) is 5.35.